The minimum absolute atomic E-state index is 0.287. The molecular weight excluding hydrogens is 148 g/mol. The Kier molecular flexibility index (Phi) is 3.07. The summed E-state index contributed by atoms with van der Waals surface area (Å²) in [5.41, 5.74) is 0. The number of hydrogen-bond donors (Lipinski definition) is 0. The van der Waals surface area contributed by atoms with Crippen molar-refractivity contribution in [1.82, 2.24) is 0 Å². The summed E-state index contributed by atoms with van der Waals surface area (Å²) in [5.74, 6) is 1.75. The molecule has 0 aliphatic heterocycles. The molecule has 0 aromatic carbocycles. The second-order valence-electron chi connectivity index (χ2n) is 3.88. The minimum Gasteiger partial charge on any atom is -0.299 e. The lowest BCUT2D eigenvalue weighted by Gasteiger charge is -2.26. The van der Waals surface area contributed by atoms with Gasteiger partial charge in [-0.15, -0.1) is 0 Å². The number of carbonyl (C=O) groups is 1. The molecule has 0 aromatic rings. The van der Waals surface area contributed by atoms with Crippen LogP contribution in [0.5, 0.6) is 0 Å². The number of Topliss-reactive ketones (excluding diaryl/α,β-unsaturated/α-hetero) is 1. The highest BCUT2D eigenvalue weighted by Gasteiger charge is 2.26. The van der Waals surface area contributed by atoms with Crippen LogP contribution in [0.2, 0.25) is 0 Å². The van der Waals surface area contributed by atoms with Gasteiger partial charge in [-0.3, -0.25) is 4.79 Å². The molecular formula is C11H18O. The first-order valence-corrected chi connectivity index (χ1v) is 4.86. The van der Waals surface area contributed by atoms with Gasteiger partial charge in [-0.25, -0.2) is 0 Å². The summed E-state index contributed by atoms with van der Waals surface area (Å²) in [6.07, 6.45) is 6.15. The maximum absolute atomic E-state index is 11.5. The third-order valence-corrected chi connectivity index (χ3v) is 2.77. The average molecular weight is 166 g/mol. The molecule has 0 bridgehead atoms. The quantitative estimate of drug-likeness (QED) is 0.576. The van der Waals surface area contributed by atoms with Crippen LogP contribution in [-0.4, -0.2) is 5.78 Å². The Balaban J connectivity index is 2.65. The van der Waals surface area contributed by atoms with Crippen molar-refractivity contribution in [2.75, 3.05) is 0 Å². The Morgan fingerprint density at radius 1 is 1.42 bits per heavy atom. The van der Waals surface area contributed by atoms with E-state index in [4.69, 9.17) is 0 Å². The third-order valence-electron chi connectivity index (χ3n) is 2.77. The molecule has 0 unspecified atom stereocenters. The standard InChI is InChI=1S/C11H18O/c1-4-11(12)10-7-8(2)5-6-9(10)3/h5-6,8-10H,4,7H2,1-3H3/t8-,9+,10-/m0/s1. The van der Waals surface area contributed by atoms with Gasteiger partial charge in [0.05, 0.1) is 0 Å². The van der Waals surface area contributed by atoms with Crippen LogP contribution < -0.4 is 0 Å². The molecule has 1 nitrogen and oxygen atoms in total. The Hall–Kier alpha value is -0.590. The van der Waals surface area contributed by atoms with Crippen LogP contribution in [-0.2, 0) is 4.79 Å². The van der Waals surface area contributed by atoms with E-state index in [-0.39, 0.29) is 5.92 Å². The van der Waals surface area contributed by atoms with Gasteiger partial charge in [-0.2, -0.15) is 0 Å². The van der Waals surface area contributed by atoms with Crippen molar-refractivity contribution in [3.05, 3.63) is 12.2 Å². The first kappa shape index (κ1) is 9.50. The van der Waals surface area contributed by atoms with E-state index >= 15 is 0 Å². The molecule has 0 saturated carbocycles. The molecule has 12 heavy (non-hydrogen) atoms. The van der Waals surface area contributed by atoms with Gasteiger partial charge in [0.15, 0.2) is 0 Å². The first-order valence-electron chi connectivity index (χ1n) is 4.86. The number of allylic oxidation sites excluding steroid dienone is 2. The van der Waals surface area contributed by atoms with Gasteiger partial charge in [0.25, 0.3) is 0 Å². The average Bonchev–Trinajstić information content (AvgIpc) is 2.08. The molecule has 68 valence electrons. The van der Waals surface area contributed by atoms with Crippen LogP contribution in [0.3, 0.4) is 0 Å². The summed E-state index contributed by atoms with van der Waals surface area (Å²) in [6.45, 7) is 6.27. The smallest absolute Gasteiger partial charge is 0.136 e. The number of hydrogen-bond acceptors (Lipinski definition) is 1. The number of carbonyl (C=O) groups excluding carboxylic acids is 1. The van der Waals surface area contributed by atoms with Gasteiger partial charge >= 0.3 is 0 Å². The molecule has 0 fully saturated rings. The molecule has 1 aliphatic carbocycles. The van der Waals surface area contributed by atoms with Crippen LogP contribution in [0.4, 0.5) is 0 Å². The molecule has 1 heteroatoms. The predicted octanol–water partition coefficient (Wildman–Crippen LogP) is 2.81. The van der Waals surface area contributed by atoms with Crippen molar-refractivity contribution in [3.63, 3.8) is 0 Å². The topological polar surface area (TPSA) is 17.1 Å². The van der Waals surface area contributed by atoms with E-state index in [9.17, 15) is 4.79 Å². The highest BCUT2D eigenvalue weighted by Crippen LogP contribution is 2.29. The highest BCUT2D eigenvalue weighted by molar-refractivity contribution is 5.81. The Morgan fingerprint density at radius 2 is 2.08 bits per heavy atom. The van der Waals surface area contributed by atoms with Crippen LogP contribution in [0.1, 0.15) is 33.6 Å². The highest BCUT2D eigenvalue weighted by atomic mass is 16.1. The molecule has 0 saturated heterocycles. The van der Waals surface area contributed by atoms with Crippen LogP contribution in [0.25, 0.3) is 0 Å². The van der Waals surface area contributed by atoms with Gasteiger partial charge < -0.3 is 0 Å². The molecule has 0 N–H and O–H groups in total. The van der Waals surface area contributed by atoms with Crippen LogP contribution >= 0.6 is 0 Å². The van der Waals surface area contributed by atoms with E-state index in [0.29, 0.717) is 24.0 Å². The summed E-state index contributed by atoms with van der Waals surface area (Å²) < 4.78 is 0. The van der Waals surface area contributed by atoms with Crippen molar-refractivity contribution in [1.29, 1.82) is 0 Å². The van der Waals surface area contributed by atoms with Crippen molar-refractivity contribution < 1.29 is 4.79 Å². The van der Waals surface area contributed by atoms with Gasteiger partial charge in [0.1, 0.15) is 5.78 Å². The van der Waals surface area contributed by atoms with Crippen molar-refractivity contribution in [2.24, 2.45) is 17.8 Å². The fraction of sp³-hybridized carbons (Fsp3) is 0.727. The van der Waals surface area contributed by atoms with Crippen molar-refractivity contribution >= 4 is 5.78 Å². The summed E-state index contributed by atoms with van der Waals surface area (Å²) in [7, 11) is 0. The van der Waals surface area contributed by atoms with E-state index in [0.717, 1.165) is 6.42 Å². The fourth-order valence-corrected chi connectivity index (χ4v) is 1.88. The summed E-state index contributed by atoms with van der Waals surface area (Å²) in [5, 5.41) is 0. The SMILES string of the molecule is CCC(=O)[C@H]1C[C@@H](C)C=C[C@H]1C. The maximum atomic E-state index is 11.5. The molecule has 1 rings (SSSR count). The zero-order valence-electron chi connectivity index (χ0n) is 8.21. The molecule has 0 heterocycles. The minimum atomic E-state index is 0.287. The Bertz CT molecular complexity index is 193. The van der Waals surface area contributed by atoms with Crippen molar-refractivity contribution in [2.45, 2.75) is 33.6 Å². The second kappa shape index (κ2) is 3.88. The largest absolute Gasteiger partial charge is 0.299 e. The molecule has 0 amide bonds. The molecule has 0 radical (unpaired) electrons. The van der Waals surface area contributed by atoms with E-state index in [2.05, 4.69) is 26.0 Å². The molecule has 3 atom stereocenters. The van der Waals surface area contributed by atoms with Gasteiger partial charge in [-0.1, -0.05) is 32.9 Å². The van der Waals surface area contributed by atoms with E-state index in [1.54, 1.807) is 0 Å². The molecule has 0 spiro atoms. The normalized spacial score (nSPS) is 35.1. The zero-order chi connectivity index (χ0) is 9.14. The molecule has 0 aromatic heterocycles. The van der Waals surface area contributed by atoms with Gasteiger partial charge in [0.2, 0.25) is 0 Å². The predicted molar refractivity (Wildman–Crippen MR) is 50.9 cm³/mol. The lowest BCUT2D eigenvalue weighted by Crippen LogP contribution is -2.25. The Morgan fingerprint density at radius 3 is 2.67 bits per heavy atom. The Labute approximate surface area is 74.9 Å². The lowest BCUT2D eigenvalue weighted by atomic mass is 9.78. The van der Waals surface area contributed by atoms with E-state index in [1.807, 2.05) is 6.92 Å². The number of ketones is 1. The summed E-state index contributed by atoms with van der Waals surface area (Å²) >= 11 is 0. The first-order chi connectivity index (χ1) is 5.65. The summed E-state index contributed by atoms with van der Waals surface area (Å²) in [4.78, 5) is 11.5. The van der Waals surface area contributed by atoms with E-state index < -0.39 is 0 Å². The van der Waals surface area contributed by atoms with Gasteiger partial charge in [0, 0.05) is 12.3 Å². The summed E-state index contributed by atoms with van der Waals surface area (Å²) in [6, 6.07) is 0. The zero-order valence-corrected chi connectivity index (χ0v) is 8.21. The third kappa shape index (κ3) is 1.96. The number of rotatable bonds is 2. The fourth-order valence-electron chi connectivity index (χ4n) is 1.88. The maximum Gasteiger partial charge on any atom is 0.136 e. The van der Waals surface area contributed by atoms with Crippen LogP contribution in [0, 0.1) is 17.8 Å². The van der Waals surface area contributed by atoms with Crippen molar-refractivity contribution in [3.8, 4) is 0 Å². The second-order valence-corrected chi connectivity index (χ2v) is 3.88. The van der Waals surface area contributed by atoms with E-state index in [1.165, 1.54) is 0 Å². The van der Waals surface area contributed by atoms with Crippen LogP contribution in [0.15, 0.2) is 12.2 Å². The monoisotopic (exact) mass is 166 g/mol. The van der Waals surface area contributed by atoms with Gasteiger partial charge in [-0.05, 0) is 18.3 Å². The lowest BCUT2D eigenvalue weighted by molar-refractivity contribution is -0.124. The molecule has 1 aliphatic rings.